The summed E-state index contributed by atoms with van der Waals surface area (Å²) in [6.07, 6.45) is -2.42. The van der Waals surface area contributed by atoms with Gasteiger partial charge in [-0.15, -0.1) is 24.8 Å². The molecule has 1 fully saturated rings. The molecule has 1 aliphatic carbocycles. The van der Waals surface area contributed by atoms with E-state index in [1.54, 1.807) is 12.1 Å². The lowest BCUT2D eigenvalue weighted by molar-refractivity contribution is -0.138. The highest BCUT2D eigenvalue weighted by molar-refractivity contribution is 5.85. The maximum atomic E-state index is 13.0. The van der Waals surface area contributed by atoms with Gasteiger partial charge in [-0.3, -0.25) is 0 Å². The van der Waals surface area contributed by atoms with E-state index >= 15 is 0 Å². The zero-order valence-corrected chi connectivity index (χ0v) is 16.0. The normalized spacial score (nSPS) is 18.7. The van der Waals surface area contributed by atoms with Gasteiger partial charge >= 0.3 is 6.18 Å². The average Bonchev–Trinajstić information content (AvgIpc) is 2.51. The standard InChI is InChI=1S/C17H20F3N5.2ClH/c18-17(19,20)13-4-2-1-3-10(13)5-6-23-15-9-14(24-16(22)25-15)11-7-12(21)8-11;;/h1-4,9,11-12H,5-8,21H2,(H3,22,23,24,25);2*1H. The van der Waals surface area contributed by atoms with E-state index in [-0.39, 0.29) is 54.7 Å². The molecule has 10 heteroatoms. The number of hydrogen-bond donors (Lipinski definition) is 3. The Morgan fingerprint density at radius 3 is 2.41 bits per heavy atom. The Morgan fingerprint density at radius 1 is 1.11 bits per heavy atom. The van der Waals surface area contributed by atoms with Crippen molar-refractivity contribution < 1.29 is 13.2 Å². The quantitative estimate of drug-likeness (QED) is 0.680. The molecule has 1 heterocycles. The second-order valence-corrected chi connectivity index (χ2v) is 6.30. The van der Waals surface area contributed by atoms with Crippen molar-refractivity contribution in [2.45, 2.75) is 37.4 Å². The molecular formula is C17H22Cl2F3N5. The molecular weight excluding hydrogens is 402 g/mol. The van der Waals surface area contributed by atoms with Crippen molar-refractivity contribution in [1.29, 1.82) is 0 Å². The third-order valence-electron chi connectivity index (χ3n) is 4.38. The molecule has 5 N–H and O–H groups in total. The van der Waals surface area contributed by atoms with E-state index in [2.05, 4.69) is 15.3 Å². The Kier molecular flexibility index (Phi) is 8.13. The summed E-state index contributed by atoms with van der Waals surface area (Å²) < 4.78 is 39.0. The maximum absolute atomic E-state index is 13.0. The molecule has 1 aromatic heterocycles. The Balaban J connectivity index is 0.00000182. The lowest BCUT2D eigenvalue weighted by Gasteiger charge is -2.32. The molecule has 3 rings (SSSR count). The number of halogens is 5. The molecule has 2 aromatic rings. The maximum Gasteiger partial charge on any atom is 0.416 e. The molecule has 27 heavy (non-hydrogen) atoms. The predicted octanol–water partition coefficient (Wildman–Crippen LogP) is 3.78. The average molecular weight is 424 g/mol. The van der Waals surface area contributed by atoms with Crippen LogP contribution in [0.5, 0.6) is 0 Å². The second-order valence-electron chi connectivity index (χ2n) is 6.30. The molecule has 0 radical (unpaired) electrons. The van der Waals surface area contributed by atoms with Crippen LogP contribution in [0.4, 0.5) is 24.9 Å². The molecule has 0 unspecified atom stereocenters. The van der Waals surface area contributed by atoms with Gasteiger partial charge in [0.1, 0.15) is 5.82 Å². The van der Waals surface area contributed by atoms with Gasteiger partial charge in [-0.2, -0.15) is 18.2 Å². The fraction of sp³-hybridized carbons (Fsp3) is 0.412. The molecule has 150 valence electrons. The Hall–Kier alpha value is -1.77. The van der Waals surface area contributed by atoms with Crippen LogP contribution >= 0.6 is 24.8 Å². The molecule has 1 saturated carbocycles. The number of nitrogens with zero attached hydrogens (tertiary/aromatic N) is 2. The molecule has 1 aromatic carbocycles. The summed E-state index contributed by atoms with van der Waals surface area (Å²) in [4.78, 5) is 8.32. The zero-order valence-electron chi connectivity index (χ0n) is 14.4. The van der Waals surface area contributed by atoms with Crippen molar-refractivity contribution in [3.63, 3.8) is 0 Å². The number of alkyl halides is 3. The SMILES string of the molecule is Cl.Cl.Nc1nc(NCCc2ccccc2C(F)(F)F)cc(C2CC(N)C2)n1. The summed E-state index contributed by atoms with van der Waals surface area (Å²) in [6, 6.07) is 7.56. The lowest BCUT2D eigenvalue weighted by Crippen LogP contribution is -2.35. The Bertz CT molecular complexity index is 752. The fourth-order valence-electron chi connectivity index (χ4n) is 3.03. The van der Waals surface area contributed by atoms with Crippen molar-refractivity contribution in [2.24, 2.45) is 5.73 Å². The van der Waals surface area contributed by atoms with Crippen molar-refractivity contribution in [3.8, 4) is 0 Å². The second kappa shape index (κ2) is 9.43. The third kappa shape index (κ3) is 5.85. The molecule has 0 atom stereocenters. The number of nitrogens with one attached hydrogen (secondary N) is 1. The van der Waals surface area contributed by atoms with Crippen LogP contribution in [0.25, 0.3) is 0 Å². The summed E-state index contributed by atoms with van der Waals surface area (Å²) in [5.41, 5.74) is 12.0. The zero-order chi connectivity index (χ0) is 18.0. The number of hydrogen-bond acceptors (Lipinski definition) is 5. The van der Waals surface area contributed by atoms with Crippen LogP contribution in [0.2, 0.25) is 0 Å². The number of anilines is 2. The van der Waals surface area contributed by atoms with Gasteiger partial charge in [0.05, 0.1) is 11.3 Å². The molecule has 0 saturated heterocycles. The van der Waals surface area contributed by atoms with Crippen LogP contribution in [0.3, 0.4) is 0 Å². The van der Waals surface area contributed by atoms with Crippen LogP contribution in [0.1, 0.15) is 35.6 Å². The highest BCUT2D eigenvalue weighted by Crippen LogP contribution is 2.35. The molecule has 0 spiro atoms. The van der Waals surface area contributed by atoms with Crippen molar-refractivity contribution >= 4 is 36.6 Å². The van der Waals surface area contributed by atoms with E-state index < -0.39 is 11.7 Å². The molecule has 1 aliphatic rings. The van der Waals surface area contributed by atoms with Gasteiger partial charge in [0.2, 0.25) is 5.95 Å². The van der Waals surface area contributed by atoms with Crippen molar-refractivity contribution in [3.05, 3.63) is 47.2 Å². The molecule has 0 amide bonds. The van der Waals surface area contributed by atoms with Crippen molar-refractivity contribution in [2.75, 3.05) is 17.6 Å². The van der Waals surface area contributed by atoms with Gasteiger partial charge < -0.3 is 16.8 Å². The third-order valence-corrected chi connectivity index (χ3v) is 4.38. The first-order chi connectivity index (χ1) is 11.8. The van der Waals surface area contributed by atoms with E-state index in [1.165, 1.54) is 12.1 Å². The molecule has 0 bridgehead atoms. The van der Waals surface area contributed by atoms with Crippen LogP contribution in [-0.2, 0) is 12.6 Å². The van der Waals surface area contributed by atoms with E-state index in [1.807, 2.05) is 0 Å². The van der Waals surface area contributed by atoms with E-state index in [0.717, 1.165) is 24.6 Å². The Labute approximate surface area is 168 Å². The lowest BCUT2D eigenvalue weighted by atomic mass is 9.78. The minimum Gasteiger partial charge on any atom is -0.370 e. The summed E-state index contributed by atoms with van der Waals surface area (Å²) >= 11 is 0. The van der Waals surface area contributed by atoms with E-state index in [4.69, 9.17) is 11.5 Å². The summed E-state index contributed by atoms with van der Waals surface area (Å²) in [6.45, 7) is 0.313. The predicted molar refractivity (Wildman–Crippen MR) is 105 cm³/mol. The highest BCUT2D eigenvalue weighted by atomic mass is 35.5. The van der Waals surface area contributed by atoms with E-state index in [0.29, 0.717) is 12.4 Å². The Morgan fingerprint density at radius 2 is 1.78 bits per heavy atom. The highest BCUT2D eigenvalue weighted by Gasteiger charge is 2.32. The van der Waals surface area contributed by atoms with Gasteiger partial charge in [0, 0.05) is 24.6 Å². The van der Waals surface area contributed by atoms with Gasteiger partial charge in [-0.1, -0.05) is 18.2 Å². The number of benzene rings is 1. The number of rotatable bonds is 5. The number of nitrogen functional groups attached to an aromatic ring is 1. The fourth-order valence-corrected chi connectivity index (χ4v) is 3.03. The molecule has 5 nitrogen and oxygen atoms in total. The minimum absolute atomic E-state index is 0. The van der Waals surface area contributed by atoms with E-state index in [9.17, 15) is 13.2 Å². The van der Waals surface area contributed by atoms with Crippen LogP contribution in [-0.4, -0.2) is 22.6 Å². The van der Waals surface area contributed by atoms with Gasteiger partial charge in [0.15, 0.2) is 0 Å². The summed E-state index contributed by atoms with van der Waals surface area (Å²) in [5, 5.41) is 3.04. The first kappa shape index (κ1) is 23.3. The van der Waals surface area contributed by atoms with Crippen LogP contribution in [0.15, 0.2) is 30.3 Å². The minimum atomic E-state index is -4.36. The van der Waals surface area contributed by atoms with Crippen LogP contribution < -0.4 is 16.8 Å². The van der Waals surface area contributed by atoms with Gasteiger partial charge in [-0.25, -0.2) is 4.98 Å². The van der Waals surface area contributed by atoms with Gasteiger partial charge in [-0.05, 0) is 30.9 Å². The number of aromatic nitrogens is 2. The first-order valence-electron chi connectivity index (χ1n) is 8.12. The monoisotopic (exact) mass is 423 g/mol. The van der Waals surface area contributed by atoms with Gasteiger partial charge in [0.25, 0.3) is 0 Å². The topological polar surface area (TPSA) is 89.8 Å². The summed E-state index contributed by atoms with van der Waals surface area (Å²) in [5.74, 6) is 0.940. The van der Waals surface area contributed by atoms with Crippen LogP contribution in [0, 0.1) is 0 Å². The number of nitrogens with two attached hydrogens (primary N) is 2. The first-order valence-corrected chi connectivity index (χ1v) is 8.12. The molecule has 0 aliphatic heterocycles. The largest absolute Gasteiger partial charge is 0.416 e. The van der Waals surface area contributed by atoms with Crippen molar-refractivity contribution in [1.82, 2.24) is 9.97 Å². The summed E-state index contributed by atoms with van der Waals surface area (Å²) in [7, 11) is 0. The smallest absolute Gasteiger partial charge is 0.370 e.